The summed E-state index contributed by atoms with van der Waals surface area (Å²) in [6.07, 6.45) is 0. The molecule has 8 heteroatoms. The number of hydrogen-bond donors (Lipinski definition) is 1. The molecule has 0 aliphatic rings. The van der Waals surface area contributed by atoms with E-state index in [4.69, 9.17) is 0 Å². The summed E-state index contributed by atoms with van der Waals surface area (Å²) in [5.41, 5.74) is -3.59. The summed E-state index contributed by atoms with van der Waals surface area (Å²) >= 11 is 1.57. The number of halogens is 3. The van der Waals surface area contributed by atoms with Crippen LogP contribution in [0.15, 0.2) is 40.6 Å². The maximum Gasteiger partial charge on any atom is 0.501 e. The Morgan fingerprint density at radius 3 is 2.24 bits per heavy atom. The Bertz CT molecular complexity index is 719. The third-order valence-electron chi connectivity index (χ3n) is 2.89. The van der Waals surface area contributed by atoms with E-state index in [1.807, 2.05) is 18.4 Å². The molecule has 0 radical (unpaired) electrons. The van der Waals surface area contributed by atoms with Crippen LogP contribution in [0.1, 0.15) is 10.4 Å². The highest BCUT2D eigenvalue weighted by atomic mass is 32.2. The van der Waals surface area contributed by atoms with Gasteiger partial charge >= 0.3 is 5.51 Å². The van der Waals surface area contributed by atoms with Crippen molar-refractivity contribution in [2.45, 2.75) is 23.9 Å². The van der Waals surface area contributed by atoms with E-state index in [9.17, 15) is 21.6 Å². The molecule has 0 aliphatic carbocycles. The minimum atomic E-state index is -5.28. The van der Waals surface area contributed by atoms with Crippen LogP contribution in [0.4, 0.5) is 18.9 Å². The van der Waals surface area contributed by atoms with Crippen molar-refractivity contribution in [1.82, 2.24) is 0 Å². The number of aryl methyl sites for hydroxylation is 1. The van der Waals surface area contributed by atoms with Crippen molar-refractivity contribution in [3.63, 3.8) is 0 Å². The fraction of sp³-hybridized carbons (Fsp3) is 0.231. The second kappa shape index (κ2) is 5.69. The molecule has 1 aromatic heterocycles. The molecule has 0 aliphatic heterocycles. The smallest absolute Gasteiger partial charge is 0.380 e. The monoisotopic (exact) mass is 335 g/mol. The maximum absolute atomic E-state index is 12.4. The van der Waals surface area contributed by atoms with E-state index in [2.05, 4.69) is 5.32 Å². The van der Waals surface area contributed by atoms with E-state index in [0.717, 1.165) is 22.6 Å². The molecule has 1 N–H and O–H groups in total. The Morgan fingerprint density at radius 1 is 1.14 bits per heavy atom. The zero-order valence-electron chi connectivity index (χ0n) is 10.9. The number of nitrogens with one attached hydrogen (secondary N) is 1. The molecule has 1 aromatic carbocycles. The van der Waals surface area contributed by atoms with Gasteiger partial charge in [-0.25, -0.2) is 8.42 Å². The van der Waals surface area contributed by atoms with Gasteiger partial charge in [-0.15, -0.1) is 11.3 Å². The molecule has 0 fully saturated rings. The standard InChI is InChI=1S/C13H12F3NO2S2/c1-9-6-7-20-12(9)8-17-10-2-4-11(5-3-10)21(18,19)13(14,15)16/h2-7,17H,8H2,1H3. The van der Waals surface area contributed by atoms with Crippen LogP contribution in [-0.2, 0) is 16.4 Å². The molecule has 2 rings (SSSR count). The zero-order chi connectivity index (χ0) is 15.7. The number of benzene rings is 1. The highest BCUT2D eigenvalue weighted by Crippen LogP contribution is 2.30. The van der Waals surface area contributed by atoms with E-state index in [1.165, 1.54) is 12.1 Å². The van der Waals surface area contributed by atoms with Crippen molar-refractivity contribution in [2.24, 2.45) is 0 Å². The van der Waals surface area contributed by atoms with Crippen LogP contribution >= 0.6 is 11.3 Å². The van der Waals surface area contributed by atoms with Crippen LogP contribution in [0.5, 0.6) is 0 Å². The molecule has 0 spiro atoms. The normalized spacial score (nSPS) is 12.4. The molecule has 21 heavy (non-hydrogen) atoms. The number of rotatable bonds is 4. The molecule has 3 nitrogen and oxygen atoms in total. The lowest BCUT2D eigenvalue weighted by molar-refractivity contribution is -0.0436. The Balaban J connectivity index is 2.11. The summed E-state index contributed by atoms with van der Waals surface area (Å²) < 4.78 is 59.6. The lowest BCUT2D eigenvalue weighted by Crippen LogP contribution is -2.23. The summed E-state index contributed by atoms with van der Waals surface area (Å²) in [5.74, 6) is 0. The van der Waals surface area contributed by atoms with Gasteiger partial charge < -0.3 is 5.32 Å². The summed E-state index contributed by atoms with van der Waals surface area (Å²) in [6.45, 7) is 2.50. The first-order valence-corrected chi connectivity index (χ1v) is 8.26. The summed E-state index contributed by atoms with van der Waals surface area (Å²) in [6, 6.07) is 6.52. The SMILES string of the molecule is Cc1ccsc1CNc1ccc(S(=O)(=O)C(F)(F)F)cc1. The first-order valence-electron chi connectivity index (χ1n) is 5.90. The lowest BCUT2D eigenvalue weighted by atomic mass is 10.2. The Kier molecular flexibility index (Phi) is 4.29. The minimum Gasteiger partial charge on any atom is -0.380 e. The Morgan fingerprint density at radius 2 is 1.76 bits per heavy atom. The van der Waals surface area contributed by atoms with Crippen molar-refractivity contribution in [3.8, 4) is 0 Å². The molecule has 0 atom stereocenters. The Labute approximate surface area is 124 Å². The highest BCUT2D eigenvalue weighted by Gasteiger charge is 2.46. The van der Waals surface area contributed by atoms with Gasteiger partial charge in [0.1, 0.15) is 0 Å². The van der Waals surface area contributed by atoms with Crippen LogP contribution in [-0.4, -0.2) is 13.9 Å². The summed E-state index contributed by atoms with van der Waals surface area (Å²) in [7, 11) is -5.28. The van der Waals surface area contributed by atoms with E-state index in [-0.39, 0.29) is 0 Å². The highest BCUT2D eigenvalue weighted by molar-refractivity contribution is 7.92. The Hall–Kier alpha value is -1.54. The molecular weight excluding hydrogens is 323 g/mol. The van der Waals surface area contributed by atoms with Crippen molar-refractivity contribution in [2.75, 3.05) is 5.32 Å². The third-order valence-corrected chi connectivity index (χ3v) is 5.42. The number of anilines is 1. The van der Waals surface area contributed by atoms with Crippen LogP contribution in [0.25, 0.3) is 0 Å². The van der Waals surface area contributed by atoms with Gasteiger partial charge in [-0.2, -0.15) is 13.2 Å². The lowest BCUT2D eigenvalue weighted by Gasteiger charge is -2.10. The molecule has 0 saturated carbocycles. The third kappa shape index (κ3) is 3.38. The van der Waals surface area contributed by atoms with Gasteiger partial charge in [0, 0.05) is 17.1 Å². The van der Waals surface area contributed by atoms with E-state index >= 15 is 0 Å². The molecule has 0 bridgehead atoms. The van der Waals surface area contributed by atoms with Gasteiger partial charge in [-0.1, -0.05) is 0 Å². The van der Waals surface area contributed by atoms with Crippen LogP contribution in [0.3, 0.4) is 0 Å². The van der Waals surface area contributed by atoms with Crippen LogP contribution < -0.4 is 5.32 Å². The molecule has 0 saturated heterocycles. The molecule has 114 valence electrons. The molecular formula is C13H12F3NO2S2. The second-order valence-corrected chi connectivity index (χ2v) is 7.30. The number of thiophene rings is 1. The average Bonchev–Trinajstić information content (AvgIpc) is 2.81. The zero-order valence-corrected chi connectivity index (χ0v) is 12.6. The quantitative estimate of drug-likeness (QED) is 0.920. The molecule has 0 unspecified atom stereocenters. The number of alkyl halides is 3. The van der Waals surface area contributed by atoms with Crippen LogP contribution in [0.2, 0.25) is 0 Å². The summed E-state index contributed by atoms with van der Waals surface area (Å²) in [4.78, 5) is 0.356. The second-order valence-electron chi connectivity index (χ2n) is 4.35. The van der Waals surface area contributed by atoms with Crippen molar-refractivity contribution in [3.05, 3.63) is 46.2 Å². The van der Waals surface area contributed by atoms with Gasteiger partial charge in [0.15, 0.2) is 0 Å². The maximum atomic E-state index is 12.4. The number of hydrogen-bond acceptors (Lipinski definition) is 4. The van der Waals surface area contributed by atoms with Crippen LogP contribution in [0, 0.1) is 6.92 Å². The first-order chi connectivity index (χ1) is 9.72. The topological polar surface area (TPSA) is 46.2 Å². The van der Waals surface area contributed by atoms with Crippen molar-refractivity contribution in [1.29, 1.82) is 0 Å². The predicted molar refractivity (Wildman–Crippen MR) is 76.1 cm³/mol. The molecule has 1 heterocycles. The summed E-state index contributed by atoms with van der Waals surface area (Å²) in [5, 5.41) is 4.99. The van der Waals surface area contributed by atoms with E-state index in [0.29, 0.717) is 12.2 Å². The van der Waals surface area contributed by atoms with E-state index in [1.54, 1.807) is 11.3 Å². The average molecular weight is 335 g/mol. The predicted octanol–water partition coefficient (Wildman–Crippen LogP) is 3.96. The van der Waals surface area contributed by atoms with E-state index < -0.39 is 20.2 Å². The fourth-order valence-corrected chi connectivity index (χ4v) is 3.26. The van der Waals surface area contributed by atoms with Crippen molar-refractivity contribution < 1.29 is 21.6 Å². The minimum absolute atomic E-state index is 0.537. The molecule has 0 amide bonds. The van der Waals surface area contributed by atoms with Gasteiger partial charge in [0.25, 0.3) is 9.84 Å². The largest absolute Gasteiger partial charge is 0.501 e. The van der Waals surface area contributed by atoms with Crippen molar-refractivity contribution >= 4 is 26.9 Å². The van der Waals surface area contributed by atoms with Gasteiger partial charge in [-0.3, -0.25) is 0 Å². The fourth-order valence-electron chi connectivity index (χ4n) is 1.65. The van der Waals surface area contributed by atoms with Gasteiger partial charge in [0.2, 0.25) is 0 Å². The molecule has 2 aromatic rings. The van der Waals surface area contributed by atoms with Gasteiger partial charge in [0.05, 0.1) is 4.90 Å². The first kappa shape index (κ1) is 15.8. The number of sulfone groups is 1. The van der Waals surface area contributed by atoms with Gasteiger partial charge in [-0.05, 0) is 48.2 Å².